The third-order valence-corrected chi connectivity index (χ3v) is 9.03. The predicted molar refractivity (Wildman–Crippen MR) is 148 cm³/mol. The van der Waals surface area contributed by atoms with E-state index in [0.29, 0.717) is 0 Å². The summed E-state index contributed by atoms with van der Waals surface area (Å²) in [5, 5.41) is 124. The van der Waals surface area contributed by atoms with Crippen molar-refractivity contribution in [1.29, 1.82) is 0 Å². The Kier molecular flexibility index (Phi) is 13.3. The van der Waals surface area contributed by atoms with E-state index in [4.69, 9.17) is 47.4 Å². The highest BCUT2D eigenvalue weighted by Crippen LogP contribution is 2.32. The first-order chi connectivity index (χ1) is 23.6. The summed E-state index contributed by atoms with van der Waals surface area (Å²) in [6.07, 6.45) is -35.0. The van der Waals surface area contributed by atoms with Gasteiger partial charge in [-0.25, -0.2) is 4.79 Å². The molecule has 5 saturated heterocycles. The normalized spacial score (nSPS) is 52.0. The summed E-state index contributed by atoms with van der Waals surface area (Å²) in [5.74, 6) is -1.57. The van der Waals surface area contributed by atoms with E-state index in [1.54, 1.807) is 0 Å². The van der Waals surface area contributed by atoms with Crippen molar-refractivity contribution in [3.63, 3.8) is 0 Å². The van der Waals surface area contributed by atoms with Gasteiger partial charge in [0.2, 0.25) is 0 Å². The highest BCUT2D eigenvalue weighted by Gasteiger charge is 2.53. The molecule has 50 heavy (non-hydrogen) atoms. The molecule has 0 aromatic carbocycles. The van der Waals surface area contributed by atoms with Gasteiger partial charge >= 0.3 is 5.97 Å². The Balaban J connectivity index is 1.17. The van der Waals surface area contributed by atoms with E-state index >= 15 is 0 Å². The van der Waals surface area contributed by atoms with Crippen molar-refractivity contribution in [2.45, 2.75) is 129 Å². The molecule has 0 amide bonds. The van der Waals surface area contributed by atoms with Gasteiger partial charge in [0.25, 0.3) is 0 Å². The van der Waals surface area contributed by atoms with Gasteiger partial charge in [-0.3, -0.25) is 0 Å². The van der Waals surface area contributed by atoms with Gasteiger partial charge in [0.05, 0.1) is 26.4 Å². The maximum absolute atomic E-state index is 11.7. The highest BCUT2D eigenvalue weighted by molar-refractivity contribution is 5.73. The zero-order chi connectivity index (χ0) is 36.6. The number of aliphatic hydroxyl groups excluding tert-OH is 11. The largest absolute Gasteiger partial charge is 0.479 e. The minimum absolute atomic E-state index is 0.372. The minimum Gasteiger partial charge on any atom is -0.479 e. The molecule has 12 N–H and O–H groups in total. The molecule has 0 aliphatic carbocycles. The summed E-state index contributed by atoms with van der Waals surface area (Å²) >= 11 is 0. The first kappa shape index (κ1) is 39.8. The average molecular weight is 737 g/mol. The fraction of sp³-hybridized carbons (Fsp3) is 0.963. The monoisotopic (exact) mass is 736 g/mol. The van der Waals surface area contributed by atoms with E-state index in [1.807, 2.05) is 0 Å². The Morgan fingerprint density at radius 2 is 0.960 bits per heavy atom. The van der Waals surface area contributed by atoms with Crippen LogP contribution in [0.15, 0.2) is 0 Å². The molecular formula is C27H44O23. The van der Waals surface area contributed by atoms with Crippen molar-refractivity contribution in [2.75, 3.05) is 33.5 Å². The molecule has 0 aromatic heterocycles. The second-order valence-corrected chi connectivity index (χ2v) is 12.4. The molecule has 0 unspecified atom stereocenters. The predicted octanol–water partition coefficient (Wildman–Crippen LogP) is -8.62. The number of carboxylic acid groups (broad SMARTS) is 1. The van der Waals surface area contributed by atoms with Gasteiger partial charge in [0, 0.05) is 7.11 Å². The van der Waals surface area contributed by atoms with Gasteiger partial charge in [-0.05, 0) is 0 Å². The molecule has 23 nitrogen and oxygen atoms in total. The number of carbonyl (C=O) groups is 1. The molecule has 21 atom stereocenters. The standard InChI is InChI=1S/C27H44O23/c1-41-19-14(33)18(37)26(50-21(19)22(38)39)49-20-10(29)6(28)2-43-27(20)48-9-5-45-25(17(36)13(9)32)47-8-4-44-24(16(35)12(8)31)46-7-3-42-23(40)15(34)11(7)30/h6-21,23-37,40H,2-5H2,1H3,(H,38,39)/t6-,7+,8+,9-,10+,11+,12+,13+,14-,15-,16-,17-,18-,19+,20-,21+,23-,24+,25+,26+,27+/m1/s1. The summed E-state index contributed by atoms with van der Waals surface area (Å²) < 4.78 is 53.7. The lowest BCUT2D eigenvalue weighted by molar-refractivity contribution is -0.374. The maximum atomic E-state index is 11.7. The van der Waals surface area contributed by atoms with Gasteiger partial charge in [0.1, 0.15) is 91.6 Å². The van der Waals surface area contributed by atoms with Crippen LogP contribution in [0, 0.1) is 0 Å². The van der Waals surface area contributed by atoms with Crippen molar-refractivity contribution in [2.24, 2.45) is 0 Å². The fourth-order valence-electron chi connectivity index (χ4n) is 6.02. The van der Waals surface area contributed by atoms with Crippen molar-refractivity contribution in [3.05, 3.63) is 0 Å². The molecule has 5 aliphatic heterocycles. The van der Waals surface area contributed by atoms with E-state index in [0.717, 1.165) is 7.11 Å². The summed E-state index contributed by atoms with van der Waals surface area (Å²) in [7, 11) is 1.09. The van der Waals surface area contributed by atoms with Crippen LogP contribution in [0.3, 0.4) is 0 Å². The van der Waals surface area contributed by atoms with Crippen LogP contribution < -0.4 is 0 Å². The molecule has 5 fully saturated rings. The van der Waals surface area contributed by atoms with Crippen LogP contribution >= 0.6 is 0 Å². The van der Waals surface area contributed by atoms with E-state index in [1.165, 1.54) is 0 Å². The van der Waals surface area contributed by atoms with Crippen LogP contribution in [-0.2, 0) is 52.2 Å². The molecule has 0 spiro atoms. The highest BCUT2D eigenvalue weighted by atomic mass is 16.8. The van der Waals surface area contributed by atoms with E-state index in [-0.39, 0.29) is 6.61 Å². The third-order valence-electron chi connectivity index (χ3n) is 9.03. The Morgan fingerprint density at radius 3 is 1.48 bits per heavy atom. The van der Waals surface area contributed by atoms with Gasteiger partial charge in [0.15, 0.2) is 37.6 Å². The number of carboxylic acids is 1. The minimum atomic E-state index is -1.90. The number of hydrogen-bond donors (Lipinski definition) is 12. The summed E-state index contributed by atoms with van der Waals surface area (Å²) in [4.78, 5) is 11.7. The maximum Gasteiger partial charge on any atom is 0.335 e. The molecule has 5 heterocycles. The van der Waals surface area contributed by atoms with Crippen molar-refractivity contribution >= 4 is 5.97 Å². The summed E-state index contributed by atoms with van der Waals surface area (Å²) in [6.45, 7) is -1.85. The van der Waals surface area contributed by atoms with Crippen LogP contribution in [0.25, 0.3) is 0 Å². The molecule has 0 saturated carbocycles. The second-order valence-electron chi connectivity index (χ2n) is 12.4. The van der Waals surface area contributed by atoms with Crippen LogP contribution in [0.1, 0.15) is 0 Å². The molecule has 23 heteroatoms. The number of ether oxygens (including phenoxy) is 10. The van der Waals surface area contributed by atoms with Crippen LogP contribution in [-0.4, -0.2) is 230 Å². The first-order valence-corrected chi connectivity index (χ1v) is 15.6. The number of aliphatic carboxylic acids is 1. The van der Waals surface area contributed by atoms with Gasteiger partial charge in [-0.15, -0.1) is 0 Å². The molecule has 5 aliphatic rings. The molecule has 290 valence electrons. The van der Waals surface area contributed by atoms with E-state index in [2.05, 4.69) is 0 Å². The first-order valence-electron chi connectivity index (χ1n) is 15.6. The van der Waals surface area contributed by atoms with Gasteiger partial charge in [-0.1, -0.05) is 0 Å². The fourth-order valence-corrected chi connectivity index (χ4v) is 6.02. The lowest BCUT2D eigenvalue weighted by atomic mass is 9.98. The summed E-state index contributed by atoms with van der Waals surface area (Å²) in [5.41, 5.74) is 0. The Bertz CT molecular complexity index is 1100. The number of aliphatic hydroxyl groups is 11. The number of hydrogen-bond acceptors (Lipinski definition) is 22. The SMILES string of the molecule is CO[C@H]1[C@H](O)[C@@H](O)[C@@H](O[C@H]2[C@H](O[C@@H]3CO[C@@H](O[C@H]4CO[C@@H](O[C@H]5CO[C@@H](O)[C@H](O)[C@H]5O)[C@H](O)[C@H]4O)[C@H](O)[C@H]3O)OC[C@@H](O)[C@@H]2O)O[C@@H]1C(=O)O. The molecule has 0 aromatic rings. The number of rotatable bonds is 10. The van der Waals surface area contributed by atoms with E-state index in [9.17, 15) is 66.1 Å². The lowest BCUT2D eigenvalue weighted by Gasteiger charge is -2.46. The average Bonchev–Trinajstić information content (AvgIpc) is 3.08. The van der Waals surface area contributed by atoms with Crippen molar-refractivity contribution in [1.82, 2.24) is 0 Å². The zero-order valence-electron chi connectivity index (χ0n) is 26.3. The smallest absolute Gasteiger partial charge is 0.335 e. The quantitative estimate of drug-likeness (QED) is 0.0990. The lowest BCUT2D eigenvalue weighted by Crippen LogP contribution is -2.65. The van der Waals surface area contributed by atoms with Gasteiger partial charge < -0.3 is 109 Å². The number of methoxy groups -OCH3 is 1. The van der Waals surface area contributed by atoms with E-state index < -0.39 is 155 Å². The molecule has 5 rings (SSSR count). The van der Waals surface area contributed by atoms with Gasteiger partial charge in [-0.2, -0.15) is 0 Å². The van der Waals surface area contributed by atoms with Crippen LogP contribution in [0.4, 0.5) is 0 Å². The van der Waals surface area contributed by atoms with Crippen LogP contribution in [0.5, 0.6) is 0 Å². The summed E-state index contributed by atoms with van der Waals surface area (Å²) in [6, 6.07) is 0. The molecule has 0 bridgehead atoms. The second kappa shape index (κ2) is 16.8. The topological polar surface area (TPSA) is 352 Å². The third kappa shape index (κ3) is 8.23. The molecule has 0 radical (unpaired) electrons. The Morgan fingerprint density at radius 1 is 0.500 bits per heavy atom. The zero-order valence-corrected chi connectivity index (χ0v) is 26.3. The van der Waals surface area contributed by atoms with Crippen molar-refractivity contribution < 1.29 is 113 Å². The Hall–Kier alpha value is -1.37. The Labute approximate surface area is 282 Å². The molecular weight excluding hydrogens is 692 g/mol. The van der Waals surface area contributed by atoms with Crippen LogP contribution in [0.2, 0.25) is 0 Å². The van der Waals surface area contributed by atoms with Crippen molar-refractivity contribution in [3.8, 4) is 0 Å².